The molecule has 1 unspecified atom stereocenters. The number of hydrogen-bond acceptors (Lipinski definition) is 6. The molecule has 6 aromatic carbocycles. The lowest BCUT2D eigenvalue weighted by molar-refractivity contribution is 0.591. The second-order valence-electron chi connectivity index (χ2n) is 13.1. The van der Waals surface area contributed by atoms with Crippen LogP contribution in [-0.4, -0.2) is 15.0 Å². The molecule has 6 nitrogen and oxygen atoms in total. The standard InChI is InChI=1S/C46H30FN4O2P/c47-35-23-19-33(20-24-35)45-49-44(32-17-15-30(29-48)16-18-32)50-46(51-45)34-27-40(43-41(28-34)39-13-7-8-14-42(39)53-43)31-21-25-38(26-22-31)54(52,36-9-3-1-4-10-36)37-11-5-2-6-12-37/h1,3-5,7-28H,2,6H2. The van der Waals surface area contributed by atoms with E-state index in [1.54, 1.807) is 36.4 Å². The van der Waals surface area contributed by atoms with Crippen LogP contribution >= 0.6 is 7.14 Å². The Balaban J connectivity index is 1.23. The maximum Gasteiger partial charge on any atom is 0.170 e. The van der Waals surface area contributed by atoms with Crippen molar-refractivity contribution in [2.45, 2.75) is 12.8 Å². The third kappa shape index (κ3) is 5.93. The maximum atomic E-state index is 15.1. The normalized spacial score (nSPS) is 13.7. The number of para-hydroxylation sites is 1. The zero-order valence-corrected chi connectivity index (χ0v) is 29.8. The van der Waals surface area contributed by atoms with Crippen molar-refractivity contribution in [3.8, 4) is 51.4 Å². The van der Waals surface area contributed by atoms with Gasteiger partial charge in [-0.25, -0.2) is 19.3 Å². The van der Waals surface area contributed by atoms with E-state index in [1.165, 1.54) is 12.1 Å². The maximum absolute atomic E-state index is 15.1. The minimum absolute atomic E-state index is 0.361. The average molecular weight is 721 g/mol. The molecule has 2 aromatic heterocycles. The summed E-state index contributed by atoms with van der Waals surface area (Å²) in [4.78, 5) is 14.7. The Labute approximate surface area is 311 Å². The largest absolute Gasteiger partial charge is 0.455 e. The number of halogens is 1. The third-order valence-corrected chi connectivity index (χ3v) is 12.9. The number of furan rings is 1. The highest BCUT2D eigenvalue weighted by atomic mass is 31.2. The van der Waals surface area contributed by atoms with Gasteiger partial charge in [0, 0.05) is 48.9 Å². The Hall–Kier alpha value is -6.74. The predicted octanol–water partition coefficient (Wildman–Crippen LogP) is 11.0. The summed E-state index contributed by atoms with van der Waals surface area (Å²) >= 11 is 0. The van der Waals surface area contributed by atoms with Crippen LogP contribution in [0.3, 0.4) is 0 Å². The van der Waals surface area contributed by atoms with Crippen LogP contribution in [0.4, 0.5) is 4.39 Å². The summed E-state index contributed by atoms with van der Waals surface area (Å²) in [6.45, 7) is 0. The van der Waals surface area contributed by atoms with E-state index in [0.717, 1.165) is 61.8 Å². The number of rotatable bonds is 7. The van der Waals surface area contributed by atoms with Crippen LogP contribution in [0.2, 0.25) is 0 Å². The van der Waals surface area contributed by atoms with E-state index in [0.29, 0.717) is 39.7 Å². The molecule has 0 N–H and O–H groups in total. The van der Waals surface area contributed by atoms with Gasteiger partial charge in [-0.2, -0.15) is 5.26 Å². The Morgan fingerprint density at radius 3 is 1.91 bits per heavy atom. The van der Waals surface area contributed by atoms with Crippen LogP contribution in [0, 0.1) is 17.1 Å². The van der Waals surface area contributed by atoms with Gasteiger partial charge in [0.25, 0.3) is 0 Å². The van der Waals surface area contributed by atoms with E-state index >= 15 is 4.57 Å². The van der Waals surface area contributed by atoms with E-state index < -0.39 is 7.14 Å². The zero-order valence-electron chi connectivity index (χ0n) is 28.9. The van der Waals surface area contributed by atoms with Crippen molar-refractivity contribution >= 4 is 39.7 Å². The quantitative estimate of drug-likeness (QED) is 0.152. The van der Waals surface area contributed by atoms with Crippen molar-refractivity contribution in [2.75, 3.05) is 0 Å². The third-order valence-electron chi connectivity index (χ3n) is 9.75. The number of nitrogens with zero attached hydrogens (tertiary/aromatic N) is 4. The molecule has 54 heavy (non-hydrogen) atoms. The average Bonchev–Trinajstić information content (AvgIpc) is 3.62. The highest BCUT2D eigenvalue weighted by Crippen LogP contribution is 2.53. The van der Waals surface area contributed by atoms with Crippen molar-refractivity contribution in [2.24, 2.45) is 0 Å². The highest BCUT2D eigenvalue weighted by Gasteiger charge is 2.31. The number of nitriles is 1. The van der Waals surface area contributed by atoms with Gasteiger partial charge in [-0.1, -0.05) is 91.0 Å². The predicted molar refractivity (Wildman–Crippen MR) is 213 cm³/mol. The van der Waals surface area contributed by atoms with Crippen molar-refractivity contribution in [1.29, 1.82) is 5.26 Å². The van der Waals surface area contributed by atoms with Gasteiger partial charge in [-0.05, 0) is 85.1 Å². The molecule has 1 aliphatic rings. The molecule has 1 aliphatic carbocycles. The minimum Gasteiger partial charge on any atom is -0.455 e. The van der Waals surface area contributed by atoms with Gasteiger partial charge < -0.3 is 8.98 Å². The molecular weight excluding hydrogens is 691 g/mol. The van der Waals surface area contributed by atoms with Crippen LogP contribution < -0.4 is 10.6 Å². The number of benzene rings is 6. The van der Waals surface area contributed by atoms with Gasteiger partial charge in [-0.3, -0.25) is 0 Å². The molecule has 0 bridgehead atoms. The second kappa shape index (κ2) is 13.7. The molecule has 0 aliphatic heterocycles. The molecule has 9 rings (SSSR count). The van der Waals surface area contributed by atoms with Gasteiger partial charge in [0.15, 0.2) is 24.6 Å². The first-order valence-corrected chi connectivity index (χ1v) is 19.3. The summed E-state index contributed by atoms with van der Waals surface area (Å²) in [5.74, 6) is 0.846. The van der Waals surface area contributed by atoms with Crippen molar-refractivity contribution < 1.29 is 13.4 Å². The fourth-order valence-corrected chi connectivity index (χ4v) is 9.75. The Kier molecular flexibility index (Phi) is 8.38. The molecule has 2 heterocycles. The number of allylic oxidation sites excluding steroid dienone is 4. The molecule has 8 heteroatoms. The first-order valence-electron chi connectivity index (χ1n) is 17.6. The van der Waals surface area contributed by atoms with Crippen LogP contribution in [0.25, 0.3) is 67.2 Å². The molecule has 1 atom stereocenters. The number of hydrogen-bond donors (Lipinski definition) is 0. The summed E-state index contributed by atoms with van der Waals surface area (Å²) < 4.78 is 35.6. The van der Waals surface area contributed by atoms with Gasteiger partial charge in [0.05, 0.1) is 11.6 Å². The molecule has 8 aromatic rings. The molecule has 258 valence electrons. The summed E-state index contributed by atoms with van der Waals surface area (Å²) in [6, 6.07) is 44.8. The fraction of sp³-hybridized carbons (Fsp3) is 0.0435. The van der Waals surface area contributed by atoms with E-state index in [4.69, 9.17) is 19.4 Å². The fourth-order valence-electron chi connectivity index (χ4n) is 7.00. The van der Waals surface area contributed by atoms with E-state index in [9.17, 15) is 9.65 Å². The SMILES string of the molecule is N#Cc1ccc(-c2nc(-c3ccc(F)cc3)nc(-c3cc(-c4ccc(P(=O)(C5=CCCC=C5)c5ccccc5)cc4)c4oc5ccccc5c4c3)n2)cc1. The molecule has 0 spiro atoms. The van der Waals surface area contributed by atoms with Crippen LogP contribution in [0.15, 0.2) is 167 Å². The Morgan fingerprint density at radius 2 is 1.24 bits per heavy atom. The summed E-state index contributed by atoms with van der Waals surface area (Å²) in [5.41, 5.74) is 5.72. The second-order valence-corrected chi connectivity index (χ2v) is 15.9. The molecular formula is C46H30FN4O2P. The topological polar surface area (TPSA) is 92.7 Å². The zero-order chi connectivity index (χ0) is 36.6. The summed E-state index contributed by atoms with van der Waals surface area (Å²) in [7, 11) is -3.14. The summed E-state index contributed by atoms with van der Waals surface area (Å²) in [6.07, 6.45) is 7.99. The number of aromatic nitrogens is 3. The first kappa shape index (κ1) is 33.1. The Morgan fingerprint density at radius 1 is 0.630 bits per heavy atom. The lowest BCUT2D eigenvalue weighted by Crippen LogP contribution is -2.17. The Bertz CT molecular complexity index is 2860. The van der Waals surface area contributed by atoms with E-state index in [2.05, 4.69) is 18.2 Å². The van der Waals surface area contributed by atoms with Gasteiger partial charge in [0.2, 0.25) is 0 Å². The molecule has 0 saturated heterocycles. The van der Waals surface area contributed by atoms with Crippen LogP contribution in [-0.2, 0) is 4.57 Å². The van der Waals surface area contributed by atoms with E-state index in [1.807, 2.05) is 97.1 Å². The molecule has 0 fully saturated rings. The van der Waals surface area contributed by atoms with E-state index in [-0.39, 0.29) is 5.82 Å². The molecule has 0 saturated carbocycles. The monoisotopic (exact) mass is 720 g/mol. The van der Waals surface area contributed by atoms with Gasteiger partial charge >= 0.3 is 0 Å². The minimum atomic E-state index is -3.14. The van der Waals surface area contributed by atoms with Crippen molar-refractivity contribution in [3.05, 3.63) is 174 Å². The molecule has 0 amide bonds. The molecule has 0 radical (unpaired) electrons. The first-order chi connectivity index (χ1) is 26.5. The van der Waals surface area contributed by atoms with Gasteiger partial charge in [0.1, 0.15) is 17.0 Å². The number of fused-ring (bicyclic) bond motifs is 3. The van der Waals surface area contributed by atoms with Crippen LogP contribution in [0.5, 0.6) is 0 Å². The van der Waals surface area contributed by atoms with Crippen LogP contribution in [0.1, 0.15) is 18.4 Å². The highest BCUT2D eigenvalue weighted by molar-refractivity contribution is 7.82. The lowest BCUT2D eigenvalue weighted by atomic mass is 9.98. The summed E-state index contributed by atoms with van der Waals surface area (Å²) in [5, 5.41) is 13.6. The van der Waals surface area contributed by atoms with Crippen molar-refractivity contribution in [3.63, 3.8) is 0 Å². The lowest BCUT2D eigenvalue weighted by Gasteiger charge is -2.22. The van der Waals surface area contributed by atoms with Gasteiger partial charge in [-0.15, -0.1) is 0 Å². The smallest absolute Gasteiger partial charge is 0.170 e. The van der Waals surface area contributed by atoms with Crippen molar-refractivity contribution in [1.82, 2.24) is 15.0 Å².